The van der Waals surface area contributed by atoms with Crippen LogP contribution in [0.4, 0.5) is 0 Å². The van der Waals surface area contributed by atoms with E-state index >= 15 is 0 Å². The molecule has 0 aliphatic rings. The van der Waals surface area contributed by atoms with Gasteiger partial charge in [-0.2, -0.15) is 8.42 Å². The maximum atomic E-state index is 10.4. The van der Waals surface area contributed by atoms with E-state index in [1.807, 2.05) is 0 Å². The minimum Gasteiger partial charge on any atom is -0.316 e. The molecule has 0 bridgehead atoms. The second-order valence-electron chi connectivity index (χ2n) is 4.30. The van der Waals surface area contributed by atoms with Crippen molar-refractivity contribution >= 4 is 10.1 Å². The summed E-state index contributed by atoms with van der Waals surface area (Å²) in [7, 11) is -3.75. The molecule has 0 spiro atoms. The largest absolute Gasteiger partial charge is 0.316 e. The van der Waals surface area contributed by atoms with Crippen LogP contribution in [-0.4, -0.2) is 31.8 Å². The Morgan fingerprint density at radius 2 is 1.73 bits per heavy atom. The maximum Gasteiger partial charge on any atom is 0.264 e. The van der Waals surface area contributed by atoms with Gasteiger partial charge in [0.25, 0.3) is 10.1 Å². The minimum atomic E-state index is -3.75. The zero-order valence-electron chi connectivity index (χ0n) is 9.70. The summed E-state index contributed by atoms with van der Waals surface area (Å²) in [4.78, 5) is 0. The number of hydrogen-bond donors (Lipinski definition) is 2. The van der Waals surface area contributed by atoms with Crippen LogP contribution in [0, 0.1) is 5.92 Å². The Labute approximate surface area is 93.2 Å². The molecule has 0 aliphatic heterocycles. The second-order valence-corrected chi connectivity index (χ2v) is 5.87. The Hall–Kier alpha value is -0.130. The third-order valence-corrected chi connectivity index (χ3v) is 2.86. The SMILES string of the molecule is CC(C)CNCCCCCCS(=O)(=O)O. The van der Waals surface area contributed by atoms with Gasteiger partial charge in [-0.05, 0) is 31.8 Å². The molecule has 0 heterocycles. The Bertz CT molecular complexity index is 237. The highest BCUT2D eigenvalue weighted by Gasteiger charge is 2.02. The number of nitrogens with one attached hydrogen (secondary N) is 1. The molecule has 0 rings (SSSR count). The van der Waals surface area contributed by atoms with Crippen molar-refractivity contribution < 1.29 is 13.0 Å². The first-order valence-corrected chi connectivity index (χ1v) is 7.18. The van der Waals surface area contributed by atoms with Gasteiger partial charge in [0.15, 0.2) is 0 Å². The third kappa shape index (κ3) is 13.9. The number of rotatable bonds is 9. The minimum absolute atomic E-state index is 0.105. The van der Waals surface area contributed by atoms with E-state index in [9.17, 15) is 8.42 Å². The van der Waals surface area contributed by atoms with E-state index in [2.05, 4.69) is 19.2 Å². The van der Waals surface area contributed by atoms with Gasteiger partial charge in [-0.25, -0.2) is 0 Å². The fourth-order valence-electron chi connectivity index (χ4n) is 1.28. The summed E-state index contributed by atoms with van der Waals surface area (Å²) >= 11 is 0. The molecule has 0 radical (unpaired) electrons. The lowest BCUT2D eigenvalue weighted by Crippen LogP contribution is -2.20. The molecular weight excluding hydrogens is 214 g/mol. The smallest absolute Gasteiger partial charge is 0.264 e. The molecule has 5 heteroatoms. The molecule has 0 atom stereocenters. The van der Waals surface area contributed by atoms with E-state index < -0.39 is 10.1 Å². The van der Waals surface area contributed by atoms with E-state index in [4.69, 9.17) is 4.55 Å². The molecule has 15 heavy (non-hydrogen) atoms. The van der Waals surface area contributed by atoms with Gasteiger partial charge in [-0.1, -0.05) is 26.7 Å². The zero-order valence-corrected chi connectivity index (χ0v) is 10.5. The summed E-state index contributed by atoms with van der Waals surface area (Å²) in [6, 6.07) is 0. The summed E-state index contributed by atoms with van der Waals surface area (Å²) in [5, 5.41) is 3.32. The molecule has 0 aromatic heterocycles. The topological polar surface area (TPSA) is 66.4 Å². The van der Waals surface area contributed by atoms with Crippen LogP contribution in [0.25, 0.3) is 0 Å². The number of hydrogen-bond acceptors (Lipinski definition) is 3. The molecule has 0 fully saturated rings. The van der Waals surface area contributed by atoms with Crippen molar-refractivity contribution in [3.63, 3.8) is 0 Å². The lowest BCUT2D eigenvalue weighted by Gasteiger charge is -2.06. The molecule has 4 nitrogen and oxygen atoms in total. The highest BCUT2D eigenvalue weighted by molar-refractivity contribution is 7.85. The molecule has 2 N–H and O–H groups in total. The summed E-state index contributed by atoms with van der Waals surface area (Å²) in [6.07, 6.45) is 3.50. The number of unbranched alkanes of at least 4 members (excludes halogenated alkanes) is 3. The lowest BCUT2D eigenvalue weighted by atomic mass is 10.2. The lowest BCUT2D eigenvalue weighted by molar-refractivity contribution is 0.478. The second kappa shape index (κ2) is 8.07. The molecule has 0 amide bonds. The standard InChI is InChI=1S/C10H23NO3S/c1-10(2)9-11-7-5-3-4-6-8-15(12,13)14/h10-11H,3-9H2,1-2H3,(H,12,13,14). The molecule has 92 valence electrons. The predicted molar refractivity (Wildman–Crippen MR) is 62.6 cm³/mol. The van der Waals surface area contributed by atoms with Crippen LogP contribution in [-0.2, 0) is 10.1 Å². The Morgan fingerprint density at radius 3 is 2.27 bits per heavy atom. The predicted octanol–water partition coefficient (Wildman–Crippen LogP) is 1.68. The van der Waals surface area contributed by atoms with Gasteiger partial charge < -0.3 is 5.32 Å². The van der Waals surface area contributed by atoms with E-state index in [0.717, 1.165) is 32.4 Å². The fraction of sp³-hybridized carbons (Fsp3) is 1.00. The summed E-state index contributed by atoms with van der Waals surface area (Å²) in [5.74, 6) is 0.566. The monoisotopic (exact) mass is 237 g/mol. The third-order valence-electron chi connectivity index (χ3n) is 2.06. The summed E-state index contributed by atoms with van der Waals surface area (Å²) < 4.78 is 29.2. The van der Waals surface area contributed by atoms with Crippen molar-refractivity contribution in [2.75, 3.05) is 18.8 Å². The van der Waals surface area contributed by atoms with Crippen LogP contribution in [0.5, 0.6) is 0 Å². The van der Waals surface area contributed by atoms with Gasteiger partial charge in [0.1, 0.15) is 0 Å². The average molecular weight is 237 g/mol. The van der Waals surface area contributed by atoms with E-state index in [0.29, 0.717) is 12.3 Å². The van der Waals surface area contributed by atoms with Crippen LogP contribution < -0.4 is 5.32 Å². The highest BCUT2D eigenvalue weighted by Crippen LogP contribution is 2.01. The molecular formula is C10H23NO3S. The van der Waals surface area contributed by atoms with Gasteiger partial charge in [-0.3, -0.25) is 4.55 Å². The Balaban J connectivity index is 3.12. The molecule has 0 unspecified atom stereocenters. The first kappa shape index (κ1) is 14.9. The Morgan fingerprint density at radius 1 is 1.13 bits per heavy atom. The van der Waals surface area contributed by atoms with Gasteiger partial charge >= 0.3 is 0 Å². The molecule has 0 aromatic carbocycles. The van der Waals surface area contributed by atoms with Crippen molar-refractivity contribution in [1.29, 1.82) is 0 Å². The van der Waals surface area contributed by atoms with Crippen molar-refractivity contribution in [3.8, 4) is 0 Å². The van der Waals surface area contributed by atoms with Crippen molar-refractivity contribution in [2.24, 2.45) is 5.92 Å². The molecule has 0 saturated carbocycles. The van der Waals surface area contributed by atoms with Crippen LogP contribution in [0.2, 0.25) is 0 Å². The van der Waals surface area contributed by atoms with Crippen LogP contribution in [0.1, 0.15) is 39.5 Å². The highest BCUT2D eigenvalue weighted by atomic mass is 32.2. The van der Waals surface area contributed by atoms with Crippen molar-refractivity contribution in [1.82, 2.24) is 5.32 Å². The quantitative estimate of drug-likeness (QED) is 0.473. The summed E-state index contributed by atoms with van der Waals surface area (Å²) in [6.45, 7) is 6.35. The normalized spacial score (nSPS) is 12.3. The van der Waals surface area contributed by atoms with Gasteiger partial charge in [0.2, 0.25) is 0 Å². The molecule has 0 saturated heterocycles. The average Bonchev–Trinajstić information content (AvgIpc) is 2.07. The van der Waals surface area contributed by atoms with Crippen LogP contribution in [0.15, 0.2) is 0 Å². The first-order valence-electron chi connectivity index (χ1n) is 5.57. The Kier molecular flexibility index (Phi) is 8.00. The fourth-order valence-corrected chi connectivity index (χ4v) is 1.85. The summed E-state index contributed by atoms with van der Waals surface area (Å²) in [5.41, 5.74) is 0. The van der Waals surface area contributed by atoms with Gasteiger partial charge in [0.05, 0.1) is 5.75 Å². The maximum absolute atomic E-state index is 10.4. The van der Waals surface area contributed by atoms with Crippen molar-refractivity contribution in [2.45, 2.75) is 39.5 Å². The first-order chi connectivity index (χ1) is 6.92. The molecule has 0 aliphatic carbocycles. The van der Waals surface area contributed by atoms with E-state index in [-0.39, 0.29) is 5.75 Å². The van der Waals surface area contributed by atoms with Crippen molar-refractivity contribution in [3.05, 3.63) is 0 Å². The van der Waals surface area contributed by atoms with Crippen LogP contribution in [0.3, 0.4) is 0 Å². The van der Waals surface area contributed by atoms with E-state index in [1.165, 1.54) is 0 Å². The van der Waals surface area contributed by atoms with Gasteiger partial charge in [0, 0.05) is 0 Å². The van der Waals surface area contributed by atoms with Gasteiger partial charge in [-0.15, -0.1) is 0 Å². The van der Waals surface area contributed by atoms with E-state index in [1.54, 1.807) is 0 Å². The van der Waals surface area contributed by atoms with Crippen LogP contribution >= 0.6 is 0 Å². The molecule has 0 aromatic rings. The zero-order chi connectivity index (χ0) is 11.7.